The largest absolute Gasteiger partial charge is 0.309 e. The predicted molar refractivity (Wildman–Crippen MR) is 56.4 cm³/mol. The summed E-state index contributed by atoms with van der Waals surface area (Å²) >= 11 is 0. The SMILES string of the molecule is CCc1c(C)nc(CN(C)C)[nH]c1=O. The third kappa shape index (κ3) is 2.42. The van der Waals surface area contributed by atoms with E-state index in [2.05, 4.69) is 9.97 Å². The van der Waals surface area contributed by atoms with Gasteiger partial charge in [-0.05, 0) is 27.4 Å². The number of aromatic amines is 1. The highest BCUT2D eigenvalue weighted by Crippen LogP contribution is 2.00. The molecule has 0 radical (unpaired) electrons. The smallest absolute Gasteiger partial charge is 0.254 e. The summed E-state index contributed by atoms with van der Waals surface area (Å²) in [5, 5.41) is 0. The lowest BCUT2D eigenvalue weighted by molar-refractivity contribution is 0.389. The number of hydrogen-bond donors (Lipinski definition) is 1. The molecule has 78 valence electrons. The summed E-state index contributed by atoms with van der Waals surface area (Å²) in [6.45, 7) is 4.51. The first-order chi connectivity index (χ1) is 6.54. The molecule has 0 aliphatic heterocycles. The molecule has 4 heteroatoms. The number of aromatic nitrogens is 2. The molecule has 0 aliphatic rings. The van der Waals surface area contributed by atoms with E-state index in [-0.39, 0.29) is 5.56 Å². The van der Waals surface area contributed by atoms with E-state index in [4.69, 9.17) is 0 Å². The summed E-state index contributed by atoms with van der Waals surface area (Å²) in [6.07, 6.45) is 0.733. The zero-order valence-electron chi connectivity index (χ0n) is 9.22. The molecular weight excluding hydrogens is 178 g/mol. The van der Waals surface area contributed by atoms with Gasteiger partial charge in [-0.15, -0.1) is 0 Å². The van der Waals surface area contributed by atoms with Crippen LogP contribution in [-0.2, 0) is 13.0 Å². The fourth-order valence-electron chi connectivity index (χ4n) is 1.46. The molecule has 1 heterocycles. The Bertz CT molecular complexity index is 368. The second kappa shape index (κ2) is 4.37. The Labute approximate surface area is 84.0 Å². The van der Waals surface area contributed by atoms with Crippen molar-refractivity contribution >= 4 is 0 Å². The molecule has 0 fully saturated rings. The number of nitrogens with zero attached hydrogens (tertiary/aromatic N) is 2. The monoisotopic (exact) mass is 195 g/mol. The van der Waals surface area contributed by atoms with Crippen LogP contribution in [-0.4, -0.2) is 29.0 Å². The highest BCUT2D eigenvalue weighted by Gasteiger charge is 2.06. The van der Waals surface area contributed by atoms with Gasteiger partial charge in [0.15, 0.2) is 0 Å². The van der Waals surface area contributed by atoms with E-state index < -0.39 is 0 Å². The van der Waals surface area contributed by atoms with Crippen molar-refractivity contribution < 1.29 is 0 Å². The Morgan fingerprint density at radius 2 is 2.07 bits per heavy atom. The fraction of sp³-hybridized carbons (Fsp3) is 0.600. The standard InChI is InChI=1S/C10H17N3O/c1-5-8-7(2)11-9(6-13(3)4)12-10(8)14/h5-6H2,1-4H3,(H,11,12,14). The molecule has 0 atom stereocenters. The lowest BCUT2D eigenvalue weighted by atomic mass is 10.2. The molecule has 4 nitrogen and oxygen atoms in total. The van der Waals surface area contributed by atoms with Gasteiger partial charge < -0.3 is 9.88 Å². The minimum absolute atomic E-state index is 0.00292. The van der Waals surface area contributed by atoms with Crippen LogP contribution >= 0.6 is 0 Å². The molecule has 1 N–H and O–H groups in total. The van der Waals surface area contributed by atoms with Crippen LogP contribution in [0.2, 0.25) is 0 Å². The molecule has 0 bridgehead atoms. The average Bonchev–Trinajstić information content (AvgIpc) is 2.01. The number of hydrogen-bond acceptors (Lipinski definition) is 3. The Hall–Kier alpha value is -1.16. The summed E-state index contributed by atoms with van der Waals surface area (Å²) in [5.74, 6) is 0.731. The van der Waals surface area contributed by atoms with Crippen LogP contribution in [0.1, 0.15) is 24.0 Å². The molecule has 0 amide bonds. The van der Waals surface area contributed by atoms with Gasteiger partial charge in [-0.3, -0.25) is 4.79 Å². The predicted octanol–water partition coefficient (Wildman–Crippen LogP) is 0.702. The van der Waals surface area contributed by atoms with E-state index in [1.54, 1.807) is 0 Å². The van der Waals surface area contributed by atoms with Gasteiger partial charge in [0.2, 0.25) is 0 Å². The number of rotatable bonds is 3. The van der Waals surface area contributed by atoms with Gasteiger partial charge in [0.1, 0.15) is 5.82 Å². The molecule has 1 rings (SSSR count). The van der Waals surface area contributed by atoms with Crippen molar-refractivity contribution in [1.82, 2.24) is 14.9 Å². The Morgan fingerprint density at radius 1 is 1.43 bits per heavy atom. The Morgan fingerprint density at radius 3 is 2.50 bits per heavy atom. The number of aryl methyl sites for hydroxylation is 1. The van der Waals surface area contributed by atoms with Crippen LogP contribution in [0, 0.1) is 6.92 Å². The quantitative estimate of drug-likeness (QED) is 0.772. The maximum Gasteiger partial charge on any atom is 0.254 e. The van der Waals surface area contributed by atoms with Crippen molar-refractivity contribution in [3.05, 3.63) is 27.4 Å². The molecule has 0 unspecified atom stereocenters. The lowest BCUT2D eigenvalue weighted by Gasteiger charge is -2.10. The highest BCUT2D eigenvalue weighted by atomic mass is 16.1. The van der Waals surface area contributed by atoms with Gasteiger partial charge in [-0.25, -0.2) is 4.98 Å². The van der Waals surface area contributed by atoms with E-state index >= 15 is 0 Å². The second-order valence-electron chi connectivity index (χ2n) is 3.67. The molecule has 0 saturated carbocycles. The first-order valence-corrected chi connectivity index (χ1v) is 4.78. The minimum Gasteiger partial charge on any atom is -0.309 e. The van der Waals surface area contributed by atoms with Crippen LogP contribution in [0.4, 0.5) is 0 Å². The van der Waals surface area contributed by atoms with Gasteiger partial charge in [0.05, 0.1) is 6.54 Å². The van der Waals surface area contributed by atoms with Gasteiger partial charge in [0, 0.05) is 11.3 Å². The van der Waals surface area contributed by atoms with E-state index in [9.17, 15) is 4.79 Å². The van der Waals surface area contributed by atoms with Gasteiger partial charge in [-0.2, -0.15) is 0 Å². The number of H-pyrrole nitrogens is 1. The van der Waals surface area contributed by atoms with Crippen LogP contribution in [0.15, 0.2) is 4.79 Å². The van der Waals surface area contributed by atoms with Crippen LogP contribution in [0.5, 0.6) is 0 Å². The molecule has 0 spiro atoms. The zero-order valence-corrected chi connectivity index (χ0v) is 9.22. The van der Waals surface area contributed by atoms with Crippen LogP contribution in [0.3, 0.4) is 0 Å². The normalized spacial score (nSPS) is 10.9. The Kier molecular flexibility index (Phi) is 3.41. The van der Waals surface area contributed by atoms with E-state index in [0.29, 0.717) is 6.54 Å². The fourth-order valence-corrected chi connectivity index (χ4v) is 1.46. The zero-order chi connectivity index (χ0) is 10.7. The van der Waals surface area contributed by atoms with Crippen molar-refractivity contribution in [2.45, 2.75) is 26.8 Å². The molecule has 1 aromatic heterocycles. The molecule has 0 saturated heterocycles. The maximum absolute atomic E-state index is 11.6. The Balaban J connectivity index is 3.08. The third-order valence-electron chi connectivity index (χ3n) is 2.09. The van der Waals surface area contributed by atoms with Crippen molar-refractivity contribution in [1.29, 1.82) is 0 Å². The maximum atomic E-state index is 11.6. The average molecular weight is 195 g/mol. The van der Waals surface area contributed by atoms with E-state index in [1.807, 2.05) is 32.8 Å². The van der Waals surface area contributed by atoms with Crippen molar-refractivity contribution in [3.8, 4) is 0 Å². The second-order valence-corrected chi connectivity index (χ2v) is 3.67. The molecule has 1 aromatic rings. The van der Waals surface area contributed by atoms with Crippen LogP contribution < -0.4 is 5.56 Å². The summed E-state index contributed by atoms with van der Waals surface area (Å²) in [5.41, 5.74) is 1.62. The summed E-state index contributed by atoms with van der Waals surface area (Å²) in [7, 11) is 3.89. The molecule has 0 aromatic carbocycles. The van der Waals surface area contributed by atoms with Crippen LogP contribution in [0.25, 0.3) is 0 Å². The summed E-state index contributed by atoms with van der Waals surface area (Å²) < 4.78 is 0. The highest BCUT2D eigenvalue weighted by molar-refractivity contribution is 5.16. The molecular formula is C10H17N3O. The van der Waals surface area contributed by atoms with Crippen molar-refractivity contribution in [2.24, 2.45) is 0 Å². The first kappa shape index (κ1) is 10.9. The van der Waals surface area contributed by atoms with E-state index in [1.165, 1.54) is 0 Å². The van der Waals surface area contributed by atoms with Gasteiger partial charge >= 0.3 is 0 Å². The third-order valence-corrected chi connectivity index (χ3v) is 2.09. The number of nitrogens with one attached hydrogen (secondary N) is 1. The molecule has 14 heavy (non-hydrogen) atoms. The lowest BCUT2D eigenvalue weighted by Crippen LogP contribution is -2.22. The minimum atomic E-state index is -0.00292. The summed E-state index contributed by atoms with van der Waals surface area (Å²) in [4.78, 5) is 20.7. The van der Waals surface area contributed by atoms with Crippen molar-refractivity contribution in [2.75, 3.05) is 14.1 Å². The van der Waals surface area contributed by atoms with Gasteiger partial charge in [0.25, 0.3) is 5.56 Å². The van der Waals surface area contributed by atoms with Crippen molar-refractivity contribution in [3.63, 3.8) is 0 Å². The first-order valence-electron chi connectivity index (χ1n) is 4.78. The van der Waals surface area contributed by atoms with Gasteiger partial charge in [-0.1, -0.05) is 6.92 Å². The molecule has 0 aliphatic carbocycles. The topological polar surface area (TPSA) is 49.0 Å². The van der Waals surface area contributed by atoms with E-state index in [0.717, 1.165) is 23.5 Å². The summed E-state index contributed by atoms with van der Waals surface area (Å²) in [6, 6.07) is 0.